The van der Waals surface area contributed by atoms with Crippen LogP contribution in [0.5, 0.6) is 0 Å². The van der Waals surface area contributed by atoms with Crippen molar-refractivity contribution < 1.29 is 4.79 Å². The Kier molecular flexibility index (Phi) is 7.51. The van der Waals surface area contributed by atoms with Crippen molar-refractivity contribution in [3.63, 3.8) is 0 Å². The third-order valence-electron chi connectivity index (χ3n) is 3.92. The molecule has 1 heterocycles. The highest BCUT2D eigenvalue weighted by atomic mass is 32.2. The molecule has 0 radical (unpaired) electrons. The molecule has 0 aromatic heterocycles. The minimum Gasteiger partial charge on any atom is -0.354 e. The summed E-state index contributed by atoms with van der Waals surface area (Å²) < 4.78 is 0.145. The predicted octanol–water partition coefficient (Wildman–Crippen LogP) is 1.91. The molecule has 0 aromatic rings. The SMILES string of the molecule is CC(C)C(CNC(=O)CSC(C)(C)C)N1CCN(C)CC1. The summed E-state index contributed by atoms with van der Waals surface area (Å²) in [5.74, 6) is 1.27. The van der Waals surface area contributed by atoms with Crippen LogP contribution in [0.1, 0.15) is 34.6 Å². The van der Waals surface area contributed by atoms with Crippen LogP contribution < -0.4 is 5.32 Å². The van der Waals surface area contributed by atoms with Crippen LogP contribution in [0.4, 0.5) is 0 Å². The summed E-state index contributed by atoms with van der Waals surface area (Å²) in [5.41, 5.74) is 0. The Morgan fingerprint density at radius 1 is 1.19 bits per heavy atom. The molecular formula is C16H33N3OS. The standard InChI is InChI=1S/C16H33N3OS/c1-13(2)14(19-9-7-18(6)8-10-19)11-17-15(20)12-21-16(3,4)5/h13-14H,7-12H2,1-6H3,(H,17,20). The number of carbonyl (C=O) groups is 1. The van der Waals surface area contributed by atoms with Gasteiger partial charge in [-0.2, -0.15) is 0 Å². The molecule has 1 aliphatic heterocycles. The molecule has 5 heteroatoms. The molecule has 0 bridgehead atoms. The van der Waals surface area contributed by atoms with Crippen molar-refractivity contribution in [2.24, 2.45) is 5.92 Å². The normalized spacial score (nSPS) is 19.8. The van der Waals surface area contributed by atoms with Crippen LogP contribution in [-0.2, 0) is 4.79 Å². The van der Waals surface area contributed by atoms with Gasteiger partial charge in [-0.3, -0.25) is 9.69 Å². The lowest BCUT2D eigenvalue weighted by atomic mass is 10.0. The lowest BCUT2D eigenvalue weighted by Gasteiger charge is -2.40. The average molecular weight is 316 g/mol. The van der Waals surface area contributed by atoms with Crippen LogP contribution in [0, 0.1) is 5.92 Å². The van der Waals surface area contributed by atoms with Crippen molar-refractivity contribution >= 4 is 17.7 Å². The molecule has 1 aliphatic rings. The highest BCUT2D eigenvalue weighted by Gasteiger charge is 2.25. The van der Waals surface area contributed by atoms with E-state index in [0.29, 0.717) is 17.7 Å². The Bertz CT molecular complexity index is 320. The number of nitrogens with one attached hydrogen (secondary N) is 1. The van der Waals surface area contributed by atoms with E-state index in [9.17, 15) is 4.79 Å². The second kappa shape index (κ2) is 8.39. The maximum Gasteiger partial charge on any atom is 0.230 e. The first-order valence-corrected chi connectivity index (χ1v) is 9.01. The molecule has 1 unspecified atom stereocenters. The van der Waals surface area contributed by atoms with Gasteiger partial charge in [0.15, 0.2) is 0 Å². The average Bonchev–Trinajstić information content (AvgIpc) is 2.37. The molecule has 1 N–H and O–H groups in total. The fourth-order valence-electron chi connectivity index (χ4n) is 2.49. The van der Waals surface area contributed by atoms with Crippen molar-refractivity contribution in [2.75, 3.05) is 45.5 Å². The third-order valence-corrected chi connectivity index (χ3v) is 5.19. The summed E-state index contributed by atoms with van der Waals surface area (Å²) in [6.07, 6.45) is 0. The first-order valence-electron chi connectivity index (χ1n) is 8.02. The van der Waals surface area contributed by atoms with Crippen LogP contribution in [0.15, 0.2) is 0 Å². The zero-order chi connectivity index (χ0) is 16.0. The van der Waals surface area contributed by atoms with E-state index >= 15 is 0 Å². The number of likely N-dealkylation sites (N-methyl/N-ethyl adjacent to an activating group) is 1. The van der Waals surface area contributed by atoms with E-state index in [4.69, 9.17) is 0 Å². The Balaban J connectivity index is 2.39. The number of amides is 1. The summed E-state index contributed by atoms with van der Waals surface area (Å²) in [7, 11) is 2.17. The van der Waals surface area contributed by atoms with Crippen molar-refractivity contribution in [1.29, 1.82) is 0 Å². The highest BCUT2D eigenvalue weighted by molar-refractivity contribution is 8.01. The van der Waals surface area contributed by atoms with Crippen LogP contribution in [0.2, 0.25) is 0 Å². The van der Waals surface area contributed by atoms with E-state index in [1.807, 2.05) is 0 Å². The van der Waals surface area contributed by atoms with Crippen molar-refractivity contribution in [3.8, 4) is 0 Å². The molecule has 1 saturated heterocycles. The summed E-state index contributed by atoms with van der Waals surface area (Å²) >= 11 is 1.71. The van der Waals surface area contributed by atoms with Gasteiger partial charge in [0, 0.05) is 43.5 Å². The van der Waals surface area contributed by atoms with Gasteiger partial charge >= 0.3 is 0 Å². The Hall–Kier alpha value is -0.260. The maximum absolute atomic E-state index is 12.0. The molecule has 124 valence electrons. The number of thioether (sulfide) groups is 1. The molecule has 1 atom stereocenters. The van der Waals surface area contributed by atoms with Gasteiger partial charge in [0.1, 0.15) is 0 Å². The van der Waals surface area contributed by atoms with E-state index in [-0.39, 0.29) is 10.7 Å². The zero-order valence-electron chi connectivity index (χ0n) is 14.6. The topological polar surface area (TPSA) is 35.6 Å². The van der Waals surface area contributed by atoms with Crippen LogP contribution in [0.3, 0.4) is 0 Å². The van der Waals surface area contributed by atoms with Crippen molar-refractivity contribution in [3.05, 3.63) is 0 Å². The molecule has 1 rings (SSSR count). The van der Waals surface area contributed by atoms with E-state index in [2.05, 4.69) is 56.8 Å². The molecule has 1 amide bonds. The molecule has 0 saturated carbocycles. The van der Waals surface area contributed by atoms with Crippen LogP contribution >= 0.6 is 11.8 Å². The van der Waals surface area contributed by atoms with E-state index in [0.717, 1.165) is 32.7 Å². The van der Waals surface area contributed by atoms with Crippen molar-refractivity contribution in [2.45, 2.75) is 45.4 Å². The fourth-order valence-corrected chi connectivity index (χ4v) is 3.16. The minimum atomic E-state index is 0.145. The molecule has 0 aromatic carbocycles. The van der Waals surface area contributed by atoms with Gasteiger partial charge < -0.3 is 10.2 Å². The van der Waals surface area contributed by atoms with Crippen molar-refractivity contribution in [1.82, 2.24) is 15.1 Å². The quantitative estimate of drug-likeness (QED) is 0.812. The summed E-state index contributed by atoms with van der Waals surface area (Å²) in [6.45, 7) is 16.2. The Morgan fingerprint density at radius 2 is 1.76 bits per heavy atom. The van der Waals surface area contributed by atoms with Gasteiger partial charge in [-0.25, -0.2) is 0 Å². The molecule has 1 fully saturated rings. The second-order valence-corrected chi connectivity index (χ2v) is 9.16. The molecule has 0 aliphatic carbocycles. The number of carbonyl (C=O) groups excluding carboxylic acids is 1. The Morgan fingerprint density at radius 3 is 2.24 bits per heavy atom. The van der Waals surface area contributed by atoms with Gasteiger partial charge in [-0.1, -0.05) is 34.6 Å². The smallest absolute Gasteiger partial charge is 0.230 e. The first kappa shape index (κ1) is 18.8. The Labute approximate surface area is 135 Å². The van der Waals surface area contributed by atoms with E-state index < -0.39 is 0 Å². The predicted molar refractivity (Wildman–Crippen MR) is 92.9 cm³/mol. The summed E-state index contributed by atoms with van der Waals surface area (Å²) in [6, 6.07) is 0.447. The number of rotatable bonds is 6. The highest BCUT2D eigenvalue weighted by Crippen LogP contribution is 2.22. The monoisotopic (exact) mass is 315 g/mol. The molecule has 0 spiro atoms. The number of piperazine rings is 1. The molecular weight excluding hydrogens is 282 g/mol. The molecule has 21 heavy (non-hydrogen) atoms. The van der Waals surface area contributed by atoms with Gasteiger partial charge in [0.25, 0.3) is 0 Å². The van der Waals surface area contributed by atoms with Gasteiger partial charge in [-0.15, -0.1) is 11.8 Å². The number of hydrogen-bond acceptors (Lipinski definition) is 4. The van der Waals surface area contributed by atoms with Gasteiger partial charge in [-0.05, 0) is 13.0 Å². The maximum atomic E-state index is 12.0. The molecule has 4 nitrogen and oxygen atoms in total. The van der Waals surface area contributed by atoms with Crippen LogP contribution in [-0.4, -0.2) is 72.0 Å². The summed E-state index contributed by atoms with van der Waals surface area (Å²) in [4.78, 5) is 16.9. The number of hydrogen-bond donors (Lipinski definition) is 1. The largest absolute Gasteiger partial charge is 0.354 e. The lowest BCUT2D eigenvalue weighted by Crippen LogP contribution is -2.54. The fraction of sp³-hybridized carbons (Fsp3) is 0.938. The first-order chi connectivity index (χ1) is 9.69. The van der Waals surface area contributed by atoms with Gasteiger partial charge in [0.05, 0.1) is 5.75 Å². The second-order valence-electron chi connectivity index (χ2n) is 7.36. The third kappa shape index (κ3) is 7.52. The van der Waals surface area contributed by atoms with Crippen LogP contribution in [0.25, 0.3) is 0 Å². The minimum absolute atomic E-state index is 0.145. The lowest BCUT2D eigenvalue weighted by molar-refractivity contribution is -0.118. The number of nitrogens with zero attached hydrogens (tertiary/aromatic N) is 2. The zero-order valence-corrected chi connectivity index (χ0v) is 15.4. The van der Waals surface area contributed by atoms with E-state index in [1.54, 1.807) is 11.8 Å². The van der Waals surface area contributed by atoms with E-state index in [1.165, 1.54) is 0 Å². The summed E-state index contributed by atoms with van der Waals surface area (Å²) in [5, 5.41) is 3.13. The van der Waals surface area contributed by atoms with Gasteiger partial charge in [0.2, 0.25) is 5.91 Å².